The molecule has 0 spiro atoms. The van der Waals surface area contributed by atoms with E-state index >= 15 is 0 Å². The Labute approximate surface area is 157 Å². The number of aromatic nitrogens is 3. The van der Waals surface area contributed by atoms with Crippen molar-refractivity contribution in [1.82, 2.24) is 9.55 Å². The van der Waals surface area contributed by atoms with Crippen molar-refractivity contribution in [3.05, 3.63) is 45.6 Å². The van der Waals surface area contributed by atoms with Crippen molar-refractivity contribution >= 4 is 40.3 Å². The quantitative estimate of drug-likeness (QED) is 0.193. The fraction of sp³-hybridized carbons (Fsp3) is 0.250. The molecule has 10 heteroatoms. The number of imidazole rings is 1. The molecular weight excluding hydrogens is 382 g/mol. The lowest BCUT2D eigenvalue weighted by Crippen LogP contribution is -2.26. The molecule has 0 aliphatic carbocycles. The zero-order valence-corrected chi connectivity index (χ0v) is 15.2. The number of thiazole rings is 1. The average Bonchev–Trinajstić information content (AvgIpc) is 3.17. The van der Waals surface area contributed by atoms with E-state index in [0.717, 1.165) is 4.88 Å². The maximum absolute atomic E-state index is 12.7. The Morgan fingerprint density at radius 1 is 1.38 bits per heavy atom. The Hall–Kier alpha value is -2.49. The average molecular weight is 396 g/mol. The molecule has 0 aromatic carbocycles. The van der Waals surface area contributed by atoms with Gasteiger partial charge in [0.2, 0.25) is 5.69 Å². The SMILES string of the molecule is COCCOC(=O)C(=O)c1c([O-])[n+]2ccccc2n1Cc1cnc(Cl)s1. The van der Waals surface area contributed by atoms with Gasteiger partial charge in [-0.15, -0.1) is 11.3 Å². The minimum absolute atomic E-state index is 0.0763. The maximum atomic E-state index is 12.7. The van der Waals surface area contributed by atoms with Crippen molar-refractivity contribution in [2.75, 3.05) is 20.3 Å². The highest BCUT2D eigenvalue weighted by atomic mass is 35.5. The van der Waals surface area contributed by atoms with Crippen LogP contribution in [0, 0.1) is 0 Å². The summed E-state index contributed by atoms with van der Waals surface area (Å²) in [5, 5.41) is 12.7. The van der Waals surface area contributed by atoms with Crippen molar-refractivity contribution in [2.24, 2.45) is 0 Å². The van der Waals surface area contributed by atoms with Crippen LogP contribution in [0.2, 0.25) is 4.47 Å². The number of carbonyl (C=O) groups excluding carboxylic acids is 2. The predicted molar refractivity (Wildman–Crippen MR) is 90.4 cm³/mol. The van der Waals surface area contributed by atoms with Crippen LogP contribution >= 0.6 is 22.9 Å². The van der Waals surface area contributed by atoms with E-state index in [1.165, 1.54) is 33.6 Å². The Kier molecular flexibility index (Phi) is 5.50. The van der Waals surface area contributed by atoms with Crippen molar-refractivity contribution in [1.29, 1.82) is 0 Å². The van der Waals surface area contributed by atoms with Crippen LogP contribution in [0.15, 0.2) is 30.6 Å². The van der Waals surface area contributed by atoms with Gasteiger partial charge < -0.3 is 14.6 Å². The number of Topliss-reactive ketones (excluding diaryl/α,β-unsaturated/α-hetero) is 1. The van der Waals surface area contributed by atoms with E-state index in [2.05, 4.69) is 4.98 Å². The fourth-order valence-corrected chi connectivity index (χ4v) is 3.41. The van der Waals surface area contributed by atoms with Gasteiger partial charge in [0.25, 0.3) is 5.65 Å². The Morgan fingerprint density at radius 2 is 2.19 bits per heavy atom. The summed E-state index contributed by atoms with van der Waals surface area (Å²) >= 11 is 7.08. The lowest BCUT2D eigenvalue weighted by Gasteiger charge is -2.05. The topological polar surface area (TPSA) is 97.6 Å². The summed E-state index contributed by atoms with van der Waals surface area (Å²) in [5.41, 5.74) is 0.193. The minimum atomic E-state index is -1.11. The summed E-state index contributed by atoms with van der Waals surface area (Å²) in [6.45, 7) is 0.250. The van der Waals surface area contributed by atoms with Crippen LogP contribution in [0.3, 0.4) is 0 Å². The van der Waals surface area contributed by atoms with Gasteiger partial charge >= 0.3 is 11.8 Å². The van der Waals surface area contributed by atoms with Gasteiger partial charge in [-0.2, -0.15) is 0 Å². The molecule has 0 unspecified atom stereocenters. The standard InChI is InChI=1S/C16H14ClN3O5S/c1-24-6-7-25-15(23)13(21)12-14(22)19-5-3-2-4-11(19)20(12)9-10-8-18-16(17)26-10/h2-5,8H,6-7,9H2,1H3. The molecule has 0 amide bonds. The monoisotopic (exact) mass is 395 g/mol. The number of fused-ring (bicyclic) bond motifs is 1. The number of rotatable bonds is 7. The molecular formula is C16H14ClN3O5S. The molecule has 0 aliphatic heterocycles. The number of nitrogens with zero attached hydrogens (tertiary/aromatic N) is 3. The third-order valence-electron chi connectivity index (χ3n) is 3.57. The molecule has 0 saturated heterocycles. The summed E-state index contributed by atoms with van der Waals surface area (Å²) in [4.78, 5) is 29.3. The highest BCUT2D eigenvalue weighted by Gasteiger charge is 2.31. The molecule has 0 fully saturated rings. The minimum Gasteiger partial charge on any atom is -0.839 e. The number of hydrogen-bond donors (Lipinski definition) is 0. The van der Waals surface area contributed by atoms with Gasteiger partial charge in [0.15, 0.2) is 4.47 Å². The normalized spacial score (nSPS) is 11.0. The van der Waals surface area contributed by atoms with Crippen LogP contribution in [0.4, 0.5) is 0 Å². The zero-order valence-electron chi connectivity index (χ0n) is 13.7. The number of carbonyl (C=O) groups is 2. The van der Waals surface area contributed by atoms with Crippen LogP contribution in [0.1, 0.15) is 15.4 Å². The van der Waals surface area contributed by atoms with E-state index in [1.807, 2.05) is 0 Å². The Morgan fingerprint density at radius 3 is 2.88 bits per heavy atom. The number of ketones is 1. The van der Waals surface area contributed by atoms with Crippen LogP contribution in [0.5, 0.6) is 5.88 Å². The third-order valence-corrected chi connectivity index (χ3v) is 4.67. The van der Waals surface area contributed by atoms with Crippen LogP contribution in [0.25, 0.3) is 5.65 Å². The van der Waals surface area contributed by atoms with E-state index in [9.17, 15) is 14.7 Å². The fourth-order valence-electron chi connectivity index (χ4n) is 2.44. The van der Waals surface area contributed by atoms with Gasteiger partial charge in [-0.05, 0) is 6.07 Å². The highest BCUT2D eigenvalue weighted by Crippen LogP contribution is 2.23. The van der Waals surface area contributed by atoms with E-state index < -0.39 is 17.6 Å². The van der Waals surface area contributed by atoms with E-state index in [1.54, 1.807) is 24.4 Å². The number of pyridine rings is 1. The predicted octanol–water partition coefficient (Wildman–Crippen LogP) is 0.831. The van der Waals surface area contributed by atoms with Crippen LogP contribution < -0.4 is 9.51 Å². The molecule has 0 atom stereocenters. The smallest absolute Gasteiger partial charge is 0.383 e. The number of halogens is 1. The van der Waals surface area contributed by atoms with Crippen molar-refractivity contribution in [2.45, 2.75) is 6.54 Å². The number of methoxy groups -OCH3 is 1. The largest absolute Gasteiger partial charge is 0.839 e. The van der Waals surface area contributed by atoms with Gasteiger partial charge in [-0.25, -0.2) is 18.7 Å². The first-order valence-corrected chi connectivity index (χ1v) is 8.73. The van der Waals surface area contributed by atoms with Gasteiger partial charge in [0.05, 0.1) is 17.7 Å². The highest BCUT2D eigenvalue weighted by molar-refractivity contribution is 7.15. The summed E-state index contributed by atoms with van der Waals surface area (Å²) in [5.74, 6) is -2.71. The Balaban J connectivity index is 2.02. The molecule has 3 aromatic rings. The summed E-state index contributed by atoms with van der Waals surface area (Å²) < 4.78 is 12.7. The first-order valence-electron chi connectivity index (χ1n) is 7.53. The van der Waals surface area contributed by atoms with Crippen molar-refractivity contribution in [3.8, 4) is 5.88 Å². The lowest BCUT2D eigenvalue weighted by molar-refractivity contribution is -0.582. The van der Waals surface area contributed by atoms with Gasteiger partial charge in [0, 0.05) is 19.4 Å². The third kappa shape index (κ3) is 3.55. The molecule has 0 aliphatic rings. The number of ether oxygens (including phenoxy) is 2. The number of hydrogen-bond acceptors (Lipinski definition) is 7. The van der Waals surface area contributed by atoms with Crippen LogP contribution in [-0.4, -0.2) is 41.6 Å². The summed E-state index contributed by atoms with van der Waals surface area (Å²) in [6.07, 6.45) is 3.09. The van der Waals surface area contributed by atoms with Gasteiger partial charge in [-0.1, -0.05) is 17.7 Å². The van der Waals surface area contributed by atoms with Crippen molar-refractivity contribution < 1.29 is 28.6 Å². The molecule has 0 radical (unpaired) electrons. The van der Waals surface area contributed by atoms with E-state index in [0.29, 0.717) is 10.1 Å². The molecule has 136 valence electrons. The second-order valence-corrected chi connectivity index (χ2v) is 6.90. The second-order valence-electron chi connectivity index (χ2n) is 5.21. The first kappa shape index (κ1) is 18.3. The molecule has 3 aromatic heterocycles. The zero-order chi connectivity index (χ0) is 18.7. The number of esters is 1. The van der Waals surface area contributed by atoms with Gasteiger partial charge in [-0.3, -0.25) is 4.79 Å². The van der Waals surface area contributed by atoms with E-state index in [4.69, 9.17) is 21.1 Å². The molecule has 3 rings (SSSR count). The Bertz CT molecular complexity index is 968. The molecule has 3 heterocycles. The molecule has 8 nitrogen and oxygen atoms in total. The maximum Gasteiger partial charge on any atom is 0.383 e. The summed E-state index contributed by atoms with van der Waals surface area (Å²) in [6, 6.07) is 5.07. The molecule has 26 heavy (non-hydrogen) atoms. The summed E-state index contributed by atoms with van der Waals surface area (Å²) in [7, 11) is 1.44. The first-order chi connectivity index (χ1) is 12.5. The lowest BCUT2D eigenvalue weighted by atomic mass is 10.3. The van der Waals surface area contributed by atoms with Gasteiger partial charge in [0.1, 0.15) is 19.0 Å². The molecule has 0 N–H and O–H groups in total. The van der Waals surface area contributed by atoms with Crippen LogP contribution in [-0.2, 0) is 20.8 Å². The molecule has 0 bridgehead atoms. The molecule has 0 saturated carbocycles. The van der Waals surface area contributed by atoms with Crippen molar-refractivity contribution in [3.63, 3.8) is 0 Å². The van der Waals surface area contributed by atoms with E-state index in [-0.39, 0.29) is 25.5 Å². The second kappa shape index (κ2) is 7.81.